The van der Waals surface area contributed by atoms with E-state index in [-0.39, 0.29) is 12.2 Å². The molecule has 0 saturated heterocycles. The van der Waals surface area contributed by atoms with Gasteiger partial charge in [0.1, 0.15) is 6.04 Å². The van der Waals surface area contributed by atoms with Gasteiger partial charge in [0.05, 0.1) is 7.11 Å². The van der Waals surface area contributed by atoms with E-state index in [0.29, 0.717) is 5.56 Å². The summed E-state index contributed by atoms with van der Waals surface area (Å²) in [6.07, 6.45) is 2.84. The number of benzene rings is 1. The fourth-order valence-corrected chi connectivity index (χ4v) is 1.52. The van der Waals surface area contributed by atoms with Crippen molar-refractivity contribution in [1.29, 1.82) is 0 Å². The number of carboxylic acid groups (broad SMARTS) is 1. The van der Waals surface area contributed by atoms with Crippen LogP contribution in [0, 0.1) is 5.82 Å². The highest BCUT2D eigenvalue weighted by Crippen LogP contribution is 2.18. The van der Waals surface area contributed by atoms with Gasteiger partial charge in [-0.15, -0.1) is 0 Å². The summed E-state index contributed by atoms with van der Waals surface area (Å²) in [7, 11) is 1.36. The van der Waals surface area contributed by atoms with E-state index in [1.165, 1.54) is 25.3 Å². The first-order valence-corrected chi connectivity index (χ1v) is 6.02. The summed E-state index contributed by atoms with van der Waals surface area (Å²) in [6.45, 7) is 1.65. The minimum absolute atomic E-state index is 0.114. The zero-order valence-electron chi connectivity index (χ0n) is 11.2. The Morgan fingerprint density at radius 3 is 2.70 bits per heavy atom. The Balaban J connectivity index is 2.70. The van der Waals surface area contributed by atoms with Crippen molar-refractivity contribution in [3.63, 3.8) is 0 Å². The maximum atomic E-state index is 13.4. The average Bonchev–Trinajstić information content (AvgIpc) is 2.42. The minimum atomic E-state index is -1.09. The quantitative estimate of drug-likeness (QED) is 0.780. The Morgan fingerprint density at radius 1 is 1.50 bits per heavy atom. The highest BCUT2D eigenvalue weighted by molar-refractivity contribution is 5.94. The third-order valence-corrected chi connectivity index (χ3v) is 2.63. The molecule has 0 saturated carbocycles. The molecule has 0 aliphatic rings. The Labute approximate surface area is 116 Å². The van der Waals surface area contributed by atoms with Crippen LogP contribution in [0.3, 0.4) is 0 Å². The van der Waals surface area contributed by atoms with Gasteiger partial charge in [0.15, 0.2) is 11.6 Å². The van der Waals surface area contributed by atoms with E-state index in [0.717, 1.165) is 6.08 Å². The summed E-state index contributed by atoms with van der Waals surface area (Å²) in [5.74, 6) is -2.06. The van der Waals surface area contributed by atoms with Gasteiger partial charge in [0.25, 0.3) is 0 Å². The lowest BCUT2D eigenvalue weighted by molar-refractivity contribution is -0.141. The average molecular weight is 281 g/mol. The second kappa shape index (κ2) is 7.28. The van der Waals surface area contributed by atoms with Gasteiger partial charge >= 0.3 is 5.97 Å². The predicted molar refractivity (Wildman–Crippen MR) is 71.8 cm³/mol. The molecule has 0 heterocycles. The third kappa shape index (κ3) is 4.38. The fourth-order valence-electron chi connectivity index (χ4n) is 1.52. The topological polar surface area (TPSA) is 75.6 Å². The molecule has 1 unspecified atom stereocenters. The van der Waals surface area contributed by atoms with Crippen molar-refractivity contribution < 1.29 is 23.8 Å². The molecule has 1 amide bonds. The van der Waals surface area contributed by atoms with Gasteiger partial charge < -0.3 is 15.2 Å². The summed E-state index contributed by atoms with van der Waals surface area (Å²) in [5, 5.41) is 11.1. The van der Waals surface area contributed by atoms with Crippen LogP contribution in [-0.4, -0.2) is 30.1 Å². The molecule has 20 heavy (non-hydrogen) atoms. The summed E-state index contributed by atoms with van der Waals surface area (Å²) >= 11 is 0. The van der Waals surface area contributed by atoms with Crippen LogP contribution < -0.4 is 10.1 Å². The molecule has 1 atom stereocenters. The zero-order chi connectivity index (χ0) is 15.1. The first-order valence-electron chi connectivity index (χ1n) is 6.02. The van der Waals surface area contributed by atoms with Gasteiger partial charge in [-0.2, -0.15) is 0 Å². The first kappa shape index (κ1) is 15.7. The van der Waals surface area contributed by atoms with Crippen molar-refractivity contribution in [1.82, 2.24) is 5.32 Å². The summed E-state index contributed by atoms with van der Waals surface area (Å²) in [4.78, 5) is 22.3. The number of ether oxygens (including phenoxy) is 1. The molecule has 0 aliphatic carbocycles. The van der Waals surface area contributed by atoms with E-state index in [9.17, 15) is 14.0 Å². The van der Waals surface area contributed by atoms with Gasteiger partial charge in [0.2, 0.25) is 5.91 Å². The Hall–Kier alpha value is -2.37. The highest BCUT2D eigenvalue weighted by Gasteiger charge is 2.15. The van der Waals surface area contributed by atoms with Crippen LogP contribution in [0.2, 0.25) is 0 Å². The molecule has 1 aromatic carbocycles. The molecule has 108 valence electrons. The molecular formula is C14H16FNO4. The predicted octanol–water partition coefficient (Wildman–Crippen LogP) is 1.83. The minimum Gasteiger partial charge on any atom is -0.494 e. The van der Waals surface area contributed by atoms with Gasteiger partial charge in [0, 0.05) is 6.08 Å². The summed E-state index contributed by atoms with van der Waals surface area (Å²) < 4.78 is 18.2. The molecule has 6 heteroatoms. The van der Waals surface area contributed by atoms with Gasteiger partial charge in [-0.1, -0.05) is 13.0 Å². The Morgan fingerprint density at radius 2 is 2.20 bits per heavy atom. The second-order valence-electron chi connectivity index (χ2n) is 4.03. The van der Waals surface area contributed by atoms with Crippen molar-refractivity contribution in [2.24, 2.45) is 0 Å². The zero-order valence-corrected chi connectivity index (χ0v) is 11.2. The molecule has 0 bridgehead atoms. The SMILES string of the molecule is CCC(NC(=O)/C=C/c1ccc(OC)c(F)c1)C(=O)O. The van der Waals surface area contributed by atoms with Crippen molar-refractivity contribution in [3.8, 4) is 5.75 Å². The molecular weight excluding hydrogens is 265 g/mol. The molecule has 1 aromatic rings. The van der Waals surface area contributed by atoms with Crippen LogP contribution in [0.5, 0.6) is 5.75 Å². The number of carbonyl (C=O) groups excluding carboxylic acids is 1. The van der Waals surface area contributed by atoms with Gasteiger partial charge in [-0.25, -0.2) is 9.18 Å². The molecule has 0 fully saturated rings. The van der Waals surface area contributed by atoms with Crippen LogP contribution in [0.15, 0.2) is 24.3 Å². The lowest BCUT2D eigenvalue weighted by atomic mass is 10.2. The number of aliphatic carboxylic acids is 1. The van der Waals surface area contributed by atoms with Gasteiger partial charge in [-0.3, -0.25) is 4.79 Å². The number of carbonyl (C=O) groups is 2. The van der Waals surface area contributed by atoms with E-state index in [1.54, 1.807) is 13.0 Å². The van der Waals surface area contributed by atoms with Crippen LogP contribution in [0.25, 0.3) is 6.08 Å². The van der Waals surface area contributed by atoms with Crippen LogP contribution in [0.4, 0.5) is 4.39 Å². The number of rotatable bonds is 6. The maximum Gasteiger partial charge on any atom is 0.326 e. The van der Waals surface area contributed by atoms with Crippen LogP contribution in [0.1, 0.15) is 18.9 Å². The molecule has 1 rings (SSSR count). The number of amides is 1. The van der Waals surface area contributed by atoms with Crippen molar-refractivity contribution in [2.75, 3.05) is 7.11 Å². The number of hydrogen-bond donors (Lipinski definition) is 2. The summed E-state index contributed by atoms with van der Waals surface area (Å²) in [5.41, 5.74) is 0.474. The number of methoxy groups -OCH3 is 1. The smallest absolute Gasteiger partial charge is 0.326 e. The molecule has 5 nitrogen and oxygen atoms in total. The number of hydrogen-bond acceptors (Lipinski definition) is 3. The molecule has 0 aromatic heterocycles. The fraction of sp³-hybridized carbons (Fsp3) is 0.286. The largest absolute Gasteiger partial charge is 0.494 e. The van der Waals surface area contributed by atoms with Crippen molar-refractivity contribution >= 4 is 18.0 Å². The summed E-state index contributed by atoms with van der Waals surface area (Å²) in [6, 6.07) is 3.32. The lowest BCUT2D eigenvalue weighted by Crippen LogP contribution is -2.39. The number of nitrogens with one attached hydrogen (secondary N) is 1. The highest BCUT2D eigenvalue weighted by atomic mass is 19.1. The third-order valence-electron chi connectivity index (χ3n) is 2.63. The molecule has 2 N–H and O–H groups in total. The van der Waals surface area contributed by atoms with E-state index >= 15 is 0 Å². The van der Waals surface area contributed by atoms with E-state index in [1.807, 2.05) is 0 Å². The Bertz CT molecular complexity index is 528. The van der Waals surface area contributed by atoms with Crippen molar-refractivity contribution in [2.45, 2.75) is 19.4 Å². The van der Waals surface area contributed by atoms with E-state index < -0.39 is 23.7 Å². The van der Waals surface area contributed by atoms with Gasteiger partial charge in [-0.05, 0) is 30.2 Å². The molecule has 0 aliphatic heterocycles. The second-order valence-corrected chi connectivity index (χ2v) is 4.03. The molecule has 0 spiro atoms. The monoisotopic (exact) mass is 281 g/mol. The van der Waals surface area contributed by atoms with Crippen molar-refractivity contribution in [3.05, 3.63) is 35.7 Å². The number of halogens is 1. The van der Waals surface area contributed by atoms with Crippen LogP contribution >= 0.6 is 0 Å². The normalized spacial score (nSPS) is 12.2. The first-order chi connectivity index (χ1) is 9.47. The van der Waals surface area contributed by atoms with Crippen LogP contribution in [-0.2, 0) is 9.59 Å². The Kier molecular flexibility index (Phi) is 5.71. The van der Waals surface area contributed by atoms with E-state index in [4.69, 9.17) is 9.84 Å². The number of carboxylic acids is 1. The van der Waals surface area contributed by atoms with E-state index in [2.05, 4.69) is 5.32 Å². The standard InChI is InChI=1S/C14H16FNO4/c1-3-11(14(18)19)16-13(17)7-5-9-4-6-12(20-2)10(15)8-9/h4-8,11H,3H2,1-2H3,(H,16,17)(H,18,19)/b7-5+. The maximum absolute atomic E-state index is 13.4. The molecule has 0 radical (unpaired) electrons. The lowest BCUT2D eigenvalue weighted by Gasteiger charge is -2.09.